The summed E-state index contributed by atoms with van der Waals surface area (Å²) in [5, 5.41) is 11.7. The summed E-state index contributed by atoms with van der Waals surface area (Å²) in [6.45, 7) is 9.17. The smallest absolute Gasteiger partial charge is 0.323 e. The highest BCUT2D eigenvalue weighted by atomic mass is 16.4. The zero-order valence-corrected chi connectivity index (χ0v) is 11.4. The van der Waals surface area contributed by atoms with Crippen molar-refractivity contribution in [3.05, 3.63) is 0 Å². The number of hydrogen-bond donors (Lipinski definition) is 2. The minimum Gasteiger partial charge on any atom is -0.480 e. The lowest BCUT2D eigenvalue weighted by Crippen LogP contribution is -2.54. The number of amides is 2. The van der Waals surface area contributed by atoms with Gasteiger partial charge in [0.25, 0.3) is 0 Å². The number of nitrogens with one attached hydrogen (secondary N) is 1. The minimum atomic E-state index is -1.00. The summed E-state index contributed by atoms with van der Waals surface area (Å²) in [6.07, 6.45) is 1.68. The fourth-order valence-corrected chi connectivity index (χ4v) is 1.49. The van der Waals surface area contributed by atoms with Gasteiger partial charge in [-0.2, -0.15) is 0 Å². The summed E-state index contributed by atoms with van der Waals surface area (Å²) in [6, 6.07) is -0.213. The van der Waals surface area contributed by atoms with Crippen LogP contribution in [-0.2, 0) is 4.79 Å². The summed E-state index contributed by atoms with van der Waals surface area (Å²) in [7, 11) is 0. The molecule has 0 aliphatic rings. The average Bonchev–Trinajstić information content (AvgIpc) is 2.20. The van der Waals surface area contributed by atoms with Crippen LogP contribution in [0.1, 0.15) is 47.5 Å². The molecule has 0 saturated heterocycles. The number of carboxylic acid groups (broad SMARTS) is 1. The quantitative estimate of drug-likeness (QED) is 0.777. The molecule has 0 rings (SSSR count). The van der Waals surface area contributed by atoms with Crippen LogP contribution < -0.4 is 5.32 Å². The van der Waals surface area contributed by atoms with E-state index in [0.717, 1.165) is 12.8 Å². The lowest BCUT2D eigenvalue weighted by Gasteiger charge is -2.35. The van der Waals surface area contributed by atoms with Crippen LogP contribution in [0.25, 0.3) is 0 Å². The Kier molecular flexibility index (Phi) is 5.99. The molecule has 0 heterocycles. The molecule has 2 amide bonds. The summed E-state index contributed by atoms with van der Waals surface area (Å²) < 4.78 is 0. The molecular formula is C12H24N2O3. The summed E-state index contributed by atoms with van der Waals surface area (Å²) in [5.41, 5.74) is -0.505. The van der Waals surface area contributed by atoms with Crippen LogP contribution in [0.5, 0.6) is 0 Å². The van der Waals surface area contributed by atoms with Crippen LogP contribution in [0, 0.1) is 0 Å². The van der Waals surface area contributed by atoms with Crippen LogP contribution in [0.15, 0.2) is 0 Å². The van der Waals surface area contributed by atoms with Crippen molar-refractivity contribution in [2.45, 2.75) is 59.0 Å². The van der Waals surface area contributed by atoms with Gasteiger partial charge in [0.1, 0.15) is 6.54 Å². The normalized spacial score (nSPS) is 11.4. The first-order valence-corrected chi connectivity index (χ1v) is 6.02. The second kappa shape index (κ2) is 6.47. The van der Waals surface area contributed by atoms with Gasteiger partial charge in [-0.15, -0.1) is 0 Å². The molecule has 0 aliphatic heterocycles. The van der Waals surface area contributed by atoms with E-state index in [0.29, 0.717) is 0 Å². The predicted octanol–water partition coefficient (Wildman–Crippen LogP) is 2.07. The van der Waals surface area contributed by atoms with E-state index in [9.17, 15) is 9.59 Å². The maximum absolute atomic E-state index is 12.0. The molecule has 0 unspecified atom stereocenters. The Balaban J connectivity index is 4.70. The van der Waals surface area contributed by atoms with Gasteiger partial charge in [-0.1, -0.05) is 13.8 Å². The van der Waals surface area contributed by atoms with Crippen molar-refractivity contribution in [3.8, 4) is 0 Å². The van der Waals surface area contributed by atoms with Crippen molar-refractivity contribution in [1.82, 2.24) is 10.2 Å². The molecule has 5 nitrogen and oxygen atoms in total. The van der Waals surface area contributed by atoms with Gasteiger partial charge in [0.15, 0.2) is 0 Å². The van der Waals surface area contributed by atoms with Gasteiger partial charge in [-0.05, 0) is 33.6 Å². The van der Waals surface area contributed by atoms with Gasteiger partial charge in [0, 0.05) is 11.6 Å². The number of carboxylic acids is 1. The molecule has 0 aromatic rings. The fourth-order valence-electron chi connectivity index (χ4n) is 1.49. The second-order valence-corrected chi connectivity index (χ2v) is 5.11. The molecule has 0 saturated carbocycles. The van der Waals surface area contributed by atoms with E-state index in [1.165, 1.54) is 4.90 Å². The third kappa shape index (κ3) is 5.56. The van der Waals surface area contributed by atoms with E-state index in [2.05, 4.69) is 5.32 Å². The van der Waals surface area contributed by atoms with Crippen LogP contribution in [0.4, 0.5) is 4.79 Å². The van der Waals surface area contributed by atoms with Crippen LogP contribution in [0.2, 0.25) is 0 Å². The summed E-state index contributed by atoms with van der Waals surface area (Å²) in [4.78, 5) is 24.1. The van der Waals surface area contributed by atoms with E-state index >= 15 is 0 Å². The number of rotatable bonds is 5. The van der Waals surface area contributed by atoms with Crippen molar-refractivity contribution in [2.75, 3.05) is 6.54 Å². The molecule has 0 spiro atoms. The molecule has 0 aromatic carbocycles. The third-order valence-corrected chi connectivity index (χ3v) is 2.66. The highest BCUT2D eigenvalue weighted by molar-refractivity contribution is 5.80. The number of aliphatic carboxylic acids is 1. The van der Waals surface area contributed by atoms with Gasteiger partial charge >= 0.3 is 12.0 Å². The Morgan fingerprint density at radius 3 is 2.00 bits per heavy atom. The zero-order valence-electron chi connectivity index (χ0n) is 11.4. The lowest BCUT2D eigenvalue weighted by molar-refractivity contribution is -0.138. The average molecular weight is 244 g/mol. The van der Waals surface area contributed by atoms with Crippen molar-refractivity contribution in [1.29, 1.82) is 0 Å². The summed E-state index contributed by atoms with van der Waals surface area (Å²) >= 11 is 0. The Labute approximate surface area is 103 Å². The Morgan fingerprint density at radius 2 is 1.71 bits per heavy atom. The van der Waals surface area contributed by atoms with Gasteiger partial charge in [0.05, 0.1) is 0 Å². The highest BCUT2D eigenvalue weighted by Gasteiger charge is 2.29. The van der Waals surface area contributed by atoms with Crippen LogP contribution in [-0.4, -0.2) is 40.1 Å². The van der Waals surface area contributed by atoms with E-state index < -0.39 is 11.5 Å². The van der Waals surface area contributed by atoms with Crippen molar-refractivity contribution in [3.63, 3.8) is 0 Å². The number of carbonyl (C=O) groups excluding carboxylic acids is 1. The molecule has 0 bridgehead atoms. The summed E-state index contributed by atoms with van der Waals surface area (Å²) in [5.74, 6) is -1.00. The van der Waals surface area contributed by atoms with Gasteiger partial charge in [-0.3, -0.25) is 4.79 Å². The molecule has 0 atom stereocenters. The lowest BCUT2D eigenvalue weighted by atomic mass is 10.1. The first kappa shape index (κ1) is 15.7. The molecule has 100 valence electrons. The molecule has 0 aromatic heterocycles. The number of hydrogen-bond acceptors (Lipinski definition) is 2. The number of carbonyl (C=O) groups is 2. The predicted molar refractivity (Wildman–Crippen MR) is 67.0 cm³/mol. The van der Waals surface area contributed by atoms with E-state index in [1.54, 1.807) is 0 Å². The van der Waals surface area contributed by atoms with Gasteiger partial charge in [-0.25, -0.2) is 4.79 Å². The first-order chi connectivity index (χ1) is 7.72. The minimum absolute atomic E-state index is 0.0983. The van der Waals surface area contributed by atoms with Crippen molar-refractivity contribution in [2.24, 2.45) is 0 Å². The van der Waals surface area contributed by atoms with Crippen molar-refractivity contribution < 1.29 is 14.7 Å². The fraction of sp³-hybridized carbons (Fsp3) is 0.833. The molecule has 0 aliphatic carbocycles. The van der Waals surface area contributed by atoms with Gasteiger partial charge < -0.3 is 15.3 Å². The molecule has 17 heavy (non-hydrogen) atoms. The maximum Gasteiger partial charge on any atom is 0.323 e. The molecule has 0 radical (unpaired) electrons. The first-order valence-electron chi connectivity index (χ1n) is 6.02. The largest absolute Gasteiger partial charge is 0.480 e. The molecule has 5 heteroatoms. The van der Waals surface area contributed by atoms with E-state index in [4.69, 9.17) is 5.11 Å². The third-order valence-electron chi connectivity index (χ3n) is 2.66. The zero-order chi connectivity index (χ0) is 13.6. The molecular weight excluding hydrogens is 220 g/mol. The number of nitrogens with zero attached hydrogens (tertiary/aromatic N) is 1. The monoisotopic (exact) mass is 244 g/mol. The topological polar surface area (TPSA) is 69.6 Å². The SMILES string of the molecule is CCC(CC)NC(=O)N(CC(=O)O)C(C)(C)C. The Hall–Kier alpha value is -1.26. The molecule has 0 fully saturated rings. The maximum atomic E-state index is 12.0. The van der Waals surface area contributed by atoms with Crippen LogP contribution in [0.3, 0.4) is 0 Å². The Morgan fingerprint density at radius 1 is 1.24 bits per heavy atom. The highest BCUT2D eigenvalue weighted by Crippen LogP contribution is 2.13. The van der Waals surface area contributed by atoms with E-state index in [-0.39, 0.29) is 18.6 Å². The van der Waals surface area contributed by atoms with Crippen molar-refractivity contribution >= 4 is 12.0 Å². The second-order valence-electron chi connectivity index (χ2n) is 5.11. The van der Waals surface area contributed by atoms with Crippen LogP contribution >= 0.6 is 0 Å². The van der Waals surface area contributed by atoms with Gasteiger partial charge in [0.2, 0.25) is 0 Å². The Bertz CT molecular complexity index is 267. The standard InChI is InChI=1S/C12H24N2O3/c1-6-9(7-2)13-11(17)14(8-10(15)16)12(3,4)5/h9H,6-8H2,1-5H3,(H,13,17)(H,15,16). The molecule has 2 N–H and O–H groups in total. The number of urea groups is 1. The van der Waals surface area contributed by atoms with E-state index in [1.807, 2.05) is 34.6 Å².